The van der Waals surface area contributed by atoms with Gasteiger partial charge in [0.25, 0.3) is 0 Å². The van der Waals surface area contributed by atoms with Crippen molar-refractivity contribution >= 4 is 21.7 Å². The fourth-order valence-electron chi connectivity index (χ4n) is 3.11. The molecule has 0 radical (unpaired) electrons. The maximum absolute atomic E-state index is 12.3. The van der Waals surface area contributed by atoms with Crippen LogP contribution in [0.1, 0.15) is 30.4 Å². The highest BCUT2D eigenvalue weighted by Gasteiger charge is 2.32. The largest absolute Gasteiger partial charge is 0.358 e. The average molecular weight is 366 g/mol. The summed E-state index contributed by atoms with van der Waals surface area (Å²) in [5, 5.41) is 1.80. The zero-order valence-corrected chi connectivity index (χ0v) is 15.6. The second-order valence-corrected chi connectivity index (χ2v) is 8.83. The van der Waals surface area contributed by atoms with Crippen molar-refractivity contribution in [1.82, 2.24) is 10.2 Å². The highest BCUT2D eigenvalue weighted by atomic mass is 32.2. The van der Waals surface area contributed by atoms with E-state index in [1.807, 2.05) is 25.1 Å². The molecule has 1 aliphatic rings. The number of amides is 2. The second kappa shape index (κ2) is 8.47. The Morgan fingerprint density at radius 3 is 2.52 bits per heavy atom. The number of benzene rings is 1. The molecule has 0 aromatic heterocycles. The first-order valence-electron chi connectivity index (χ1n) is 8.57. The quantitative estimate of drug-likeness (QED) is 0.817. The van der Waals surface area contributed by atoms with Crippen LogP contribution in [0, 0.1) is 6.92 Å². The first kappa shape index (κ1) is 19.4. The number of rotatable bonds is 6. The van der Waals surface area contributed by atoms with Gasteiger partial charge in [-0.2, -0.15) is 0 Å². The van der Waals surface area contributed by atoms with Gasteiger partial charge < -0.3 is 10.2 Å². The molecule has 0 spiro atoms. The summed E-state index contributed by atoms with van der Waals surface area (Å²) in [6.07, 6.45) is 1.92. The maximum Gasteiger partial charge on any atom is 0.234 e. The van der Waals surface area contributed by atoms with Gasteiger partial charge in [0.2, 0.25) is 11.8 Å². The van der Waals surface area contributed by atoms with Crippen LogP contribution in [0.4, 0.5) is 0 Å². The van der Waals surface area contributed by atoms with E-state index in [0.717, 1.165) is 5.56 Å². The lowest BCUT2D eigenvalue weighted by atomic mass is 10.1. The minimum Gasteiger partial charge on any atom is -0.358 e. The van der Waals surface area contributed by atoms with Gasteiger partial charge in [0.15, 0.2) is 9.84 Å². The molecular weight excluding hydrogens is 340 g/mol. The van der Waals surface area contributed by atoms with Gasteiger partial charge in [-0.25, -0.2) is 8.42 Å². The van der Waals surface area contributed by atoms with Gasteiger partial charge in [-0.1, -0.05) is 29.8 Å². The monoisotopic (exact) mass is 366 g/mol. The number of likely N-dealkylation sites (tertiary alicyclic amines) is 1. The Balaban J connectivity index is 1.83. The lowest BCUT2D eigenvalue weighted by Crippen LogP contribution is -2.44. The summed E-state index contributed by atoms with van der Waals surface area (Å²) in [5.74, 6) is -0.907. The summed E-state index contributed by atoms with van der Waals surface area (Å²) >= 11 is 0. The molecule has 0 saturated carbocycles. The fourth-order valence-corrected chi connectivity index (χ4v) is 4.79. The molecule has 2 amide bonds. The summed E-state index contributed by atoms with van der Waals surface area (Å²) in [5.41, 5.74) is 2.31. The number of nitrogens with zero attached hydrogens (tertiary/aromatic N) is 1. The molecular formula is C18H26N2O4S. The van der Waals surface area contributed by atoms with Gasteiger partial charge in [0, 0.05) is 26.6 Å². The Morgan fingerprint density at radius 2 is 1.92 bits per heavy atom. The number of sulfone groups is 1. The molecule has 25 heavy (non-hydrogen) atoms. The molecule has 1 saturated heterocycles. The molecule has 6 nitrogen and oxygen atoms in total. The number of piperidine rings is 1. The predicted molar refractivity (Wildman–Crippen MR) is 97.0 cm³/mol. The van der Waals surface area contributed by atoms with Crippen LogP contribution < -0.4 is 5.32 Å². The van der Waals surface area contributed by atoms with Gasteiger partial charge in [-0.15, -0.1) is 0 Å². The summed E-state index contributed by atoms with van der Waals surface area (Å²) in [6, 6.07) is 8.09. The van der Waals surface area contributed by atoms with Crippen molar-refractivity contribution in [2.45, 2.75) is 37.9 Å². The number of carbonyl (C=O) groups is 2. The highest BCUT2D eigenvalue weighted by molar-refractivity contribution is 7.92. The SMILES string of the molecule is CNC(=O)CS(=O)(=O)C1CCN(C(=O)CCc2cccc(C)c2)CC1. The molecule has 0 unspecified atom stereocenters. The van der Waals surface area contributed by atoms with Crippen LogP contribution >= 0.6 is 0 Å². The third-order valence-corrected chi connectivity index (χ3v) is 6.78. The van der Waals surface area contributed by atoms with Crippen LogP contribution in [0.5, 0.6) is 0 Å². The van der Waals surface area contributed by atoms with Crippen molar-refractivity contribution in [1.29, 1.82) is 0 Å². The van der Waals surface area contributed by atoms with Crippen LogP contribution in [0.25, 0.3) is 0 Å². The van der Waals surface area contributed by atoms with Crippen LogP contribution in [0.2, 0.25) is 0 Å². The molecule has 1 fully saturated rings. The Hall–Kier alpha value is -1.89. The van der Waals surface area contributed by atoms with Crippen molar-refractivity contribution in [2.24, 2.45) is 0 Å². The van der Waals surface area contributed by atoms with E-state index in [2.05, 4.69) is 11.4 Å². The van der Waals surface area contributed by atoms with E-state index in [0.29, 0.717) is 38.8 Å². The molecule has 1 heterocycles. The Labute approximate surface area is 149 Å². The number of hydrogen-bond donors (Lipinski definition) is 1. The lowest BCUT2D eigenvalue weighted by Gasteiger charge is -2.31. The predicted octanol–water partition coefficient (Wildman–Crippen LogP) is 1.08. The van der Waals surface area contributed by atoms with E-state index >= 15 is 0 Å². The van der Waals surface area contributed by atoms with E-state index in [1.54, 1.807) is 4.90 Å². The summed E-state index contributed by atoms with van der Waals surface area (Å²) in [6.45, 7) is 2.89. The highest BCUT2D eigenvalue weighted by Crippen LogP contribution is 2.19. The summed E-state index contributed by atoms with van der Waals surface area (Å²) in [4.78, 5) is 25.4. The van der Waals surface area contributed by atoms with Crippen molar-refractivity contribution in [3.63, 3.8) is 0 Å². The topological polar surface area (TPSA) is 83.6 Å². The number of aryl methyl sites for hydroxylation is 2. The maximum atomic E-state index is 12.3. The zero-order valence-electron chi connectivity index (χ0n) is 14.8. The minimum absolute atomic E-state index is 0.0589. The first-order valence-corrected chi connectivity index (χ1v) is 10.3. The fraction of sp³-hybridized carbons (Fsp3) is 0.556. The smallest absolute Gasteiger partial charge is 0.234 e. The van der Waals surface area contributed by atoms with E-state index in [9.17, 15) is 18.0 Å². The van der Waals surface area contributed by atoms with Gasteiger partial charge in [0.1, 0.15) is 5.75 Å². The standard InChI is InChI=1S/C18H26N2O4S/c1-14-4-3-5-15(12-14)6-7-18(22)20-10-8-16(9-11-20)25(23,24)13-17(21)19-2/h3-5,12,16H,6-11,13H2,1-2H3,(H,19,21). The third kappa shape index (κ3) is 5.56. The second-order valence-electron chi connectivity index (χ2n) is 6.55. The molecule has 7 heteroatoms. The summed E-state index contributed by atoms with van der Waals surface area (Å²) < 4.78 is 24.4. The molecule has 0 bridgehead atoms. The molecule has 1 N–H and O–H groups in total. The van der Waals surface area contributed by atoms with Crippen molar-refractivity contribution < 1.29 is 18.0 Å². The van der Waals surface area contributed by atoms with Gasteiger partial charge in [-0.3, -0.25) is 9.59 Å². The van der Waals surface area contributed by atoms with Crippen LogP contribution in [-0.2, 0) is 25.8 Å². The van der Waals surface area contributed by atoms with Gasteiger partial charge in [-0.05, 0) is 31.7 Å². The third-order valence-electron chi connectivity index (χ3n) is 4.62. The molecule has 0 atom stereocenters. The average Bonchev–Trinajstić information content (AvgIpc) is 2.59. The molecule has 0 aliphatic carbocycles. The molecule has 1 aromatic rings. The molecule has 1 aliphatic heterocycles. The lowest BCUT2D eigenvalue weighted by molar-refractivity contribution is -0.132. The zero-order chi connectivity index (χ0) is 18.4. The number of nitrogens with one attached hydrogen (secondary N) is 1. The molecule has 2 rings (SSSR count). The normalized spacial score (nSPS) is 15.8. The van der Waals surface area contributed by atoms with Gasteiger partial charge >= 0.3 is 0 Å². The van der Waals surface area contributed by atoms with E-state index < -0.39 is 26.7 Å². The number of carbonyl (C=O) groups excluding carboxylic acids is 2. The Morgan fingerprint density at radius 1 is 1.24 bits per heavy atom. The Kier molecular flexibility index (Phi) is 6.58. The summed E-state index contributed by atoms with van der Waals surface area (Å²) in [7, 11) is -2.03. The Bertz CT molecular complexity index is 722. The van der Waals surface area contributed by atoms with Crippen LogP contribution in [0.15, 0.2) is 24.3 Å². The minimum atomic E-state index is -3.45. The number of hydrogen-bond acceptors (Lipinski definition) is 4. The molecule has 1 aromatic carbocycles. The van der Waals surface area contributed by atoms with E-state index in [1.165, 1.54) is 12.6 Å². The van der Waals surface area contributed by atoms with Crippen LogP contribution in [0.3, 0.4) is 0 Å². The van der Waals surface area contributed by atoms with Crippen LogP contribution in [-0.4, -0.2) is 56.3 Å². The van der Waals surface area contributed by atoms with Crippen molar-refractivity contribution in [3.8, 4) is 0 Å². The molecule has 138 valence electrons. The first-order chi connectivity index (χ1) is 11.8. The van der Waals surface area contributed by atoms with Crippen molar-refractivity contribution in [3.05, 3.63) is 35.4 Å². The van der Waals surface area contributed by atoms with E-state index in [4.69, 9.17) is 0 Å². The van der Waals surface area contributed by atoms with Gasteiger partial charge in [0.05, 0.1) is 5.25 Å². The van der Waals surface area contributed by atoms with E-state index in [-0.39, 0.29) is 5.91 Å². The van der Waals surface area contributed by atoms with Crippen molar-refractivity contribution in [2.75, 3.05) is 25.9 Å².